The molecule has 0 atom stereocenters. The van der Waals surface area contributed by atoms with Crippen molar-refractivity contribution in [2.45, 2.75) is 6.92 Å². The first-order valence-electron chi connectivity index (χ1n) is 3.25. The van der Waals surface area contributed by atoms with Gasteiger partial charge in [0.15, 0.2) is 0 Å². The fraction of sp³-hybridized carbons (Fsp3) is 0.500. The molecule has 1 heterocycles. The zero-order valence-corrected chi connectivity index (χ0v) is 6.88. The summed E-state index contributed by atoms with van der Waals surface area (Å²) in [6, 6.07) is 0. The van der Waals surface area contributed by atoms with Crippen LogP contribution >= 0.6 is 0 Å². The predicted molar refractivity (Wildman–Crippen MR) is 42.3 cm³/mol. The summed E-state index contributed by atoms with van der Waals surface area (Å²) in [6.07, 6.45) is 0. The highest BCUT2D eigenvalue weighted by atomic mass is 16.5. The van der Waals surface area contributed by atoms with Crippen molar-refractivity contribution in [3.05, 3.63) is 5.69 Å². The minimum absolute atomic E-state index is 0.644. The minimum Gasteiger partial charge on any atom is -0.480 e. The number of aromatic nitrogens is 2. The second-order valence-electron chi connectivity index (χ2n) is 2.24. The number of aryl methyl sites for hydroxylation is 2. The van der Waals surface area contributed by atoms with Gasteiger partial charge in [-0.05, 0) is 6.92 Å². The van der Waals surface area contributed by atoms with Crippen LogP contribution in [0.15, 0.2) is 0 Å². The van der Waals surface area contributed by atoms with E-state index in [2.05, 4.69) is 10.5 Å². The van der Waals surface area contributed by atoms with Gasteiger partial charge in [0.05, 0.1) is 12.8 Å². The lowest BCUT2D eigenvalue weighted by molar-refractivity contribution is 0.375. The molecule has 0 aromatic carbocycles. The molecule has 0 unspecified atom stereocenters. The van der Waals surface area contributed by atoms with Crippen molar-refractivity contribution in [1.29, 1.82) is 0 Å². The summed E-state index contributed by atoms with van der Waals surface area (Å²) in [5, 5.41) is 4.10. The highest BCUT2D eigenvalue weighted by molar-refractivity contribution is 5.55. The van der Waals surface area contributed by atoms with Crippen molar-refractivity contribution in [2.24, 2.45) is 12.9 Å². The molecule has 5 nitrogen and oxygen atoms in total. The van der Waals surface area contributed by atoms with E-state index in [9.17, 15) is 0 Å². The average Bonchev–Trinajstić information content (AvgIpc) is 2.24. The highest BCUT2D eigenvalue weighted by Gasteiger charge is 2.11. The Labute approximate surface area is 65.1 Å². The van der Waals surface area contributed by atoms with Crippen molar-refractivity contribution in [3.63, 3.8) is 0 Å². The van der Waals surface area contributed by atoms with Crippen molar-refractivity contribution in [1.82, 2.24) is 9.78 Å². The predicted octanol–water partition coefficient (Wildman–Crippen LogP) is 0.0227. The Hall–Kier alpha value is -1.23. The number of anilines is 1. The number of hydrazine groups is 1. The Kier molecular flexibility index (Phi) is 2.00. The van der Waals surface area contributed by atoms with Crippen LogP contribution in [0, 0.1) is 6.92 Å². The maximum atomic E-state index is 5.26. The van der Waals surface area contributed by atoms with Crippen molar-refractivity contribution >= 4 is 5.69 Å². The number of nitrogens with zero attached hydrogens (tertiary/aromatic N) is 2. The van der Waals surface area contributed by atoms with Crippen LogP contribution in [0.4, 0.5) is 5.69 Å². The van der Waals surface area contributed by atoms with E-state index < -0.39 is 0 Å². The van der Waals surface area contributed by atoms with E-state index in [-0.39, 0.29) is 0 Å². The molecule has 62 valence electrons. The molecular weight excluding hydrogens is 144 g/mol. The van der Waals surface area contributed by atoms with Crippen molar-refractivity contribution in [3.8, 4) is 5.88 Å². The molecule has 1 aromatic rings. The number of nitrogen functional groups attached to an aromatic ring is 1. The van der Waals surface area contributed by atoms with Crippen LogP contribution in [0.3, 0.4) is 0 Å². The monoisotopic (exact) mass is 156 g/mol. The van der Waals surface area contributed by atoms with Gasteiger partial charge in [0.25, 0.3) is 0 Å². The number of methoxy groups -OCH3 is 1. The second kappa shape index (κ2) is 2.79. The van der Waals surface area contributed by atoms with Crippen LogP contribution in [0.1, 0.15) is 5.69 Å². The zero-order valence-electron chi connectivity index (χ0n) is 6.88. The largest absolute Gasteiger partial charge is 0.480 e. The van der Waals surface area contributed by atoms with Crippen molar-refractivity contribution in [2.75, 3.05) is 12.5 Å². The maximum absolute atomic E-state index is 5.26. The van der Waals surface area contributed by atoms with Gasteiger partial charge in [-0.1, -0.05) is 0 Å². The first kappa shape index (κ1) is 7.87. The summed E-state index contributed by atoms with van der Waals surface area (Å²) in [5.74, 6) is 5.90. The molecule has 0 bridgehead atoms. The molecule has 11 heavy (non-hydrogen) atoms. The summed E-state index contributed by atoms with van der Waals surface area (Å²) >= 11 is 0. The topological polar surface area (TPSA) is 65.1 Å². The van der Waals surface area contributed by atoms with Crippen LogP contribution in [0.25, 0.3) is 0 Å². The van der Waals surface area contributed by atoms with Gasteiger partial charge < -0.3 is 10.2 Å². The van der Waals surface area contributed by atoms with E-state index in [1.807, 2.05) is 6.92 Å². The number of nitrogens with two attached hydrogens (primary N) is 1. The molecule has 0 aliphatic carbocycles. The number of hydrogen-bond acceptors (Lipinski definition) is 4. The molecule has 0 amide bonds. The lowest BCUT2D eigenvalue weighted by atomic mass is 10.4. The number of ether oxygens (including phenoxy) is 1. The van der Waals surface area contributed by atoms with Gasteiger partial charge in [-0.3, -0.25) is 5.84 Å². The highest BCUT2D eigenvalue weighted by Crippen LogP contribution is 2.25. The van der Waals surface area contributed by atoms with Gasteiger partial charge >= 0.3 is 0 Å². The molecular formula is C6H12N4O. The van der Waals surface area contributed by atoms with Gasteiger partial charge in [-0.2, -0.15) is 5.10 Å². The molecule has 0 radical (unpaired) electrons. The van der Waals surface area contributed by atoms with Crippen molar-refractivity contribution < 1.29 is 4.74 Å². The van der Waals surface area contributed by atoms with Gasteiger partial charge in [0.2, 0.25) is 5.88 Å². The maximum Gasteiger partial charge on any atom is 0.237 e. The van der Waals surface area contributed by atoms with Crippen LogP contribution in [0.5, 0.6) is 5.88 Å². The van der Waals surface area contributed by atoms with Gasteiger partial charge in [0, 0.05) is 7.05 Å². The molecule has 0 spiro atoms. The van der Waals surface area contributed by atoms with E-state index in [0.29, 0.717) is 5.88 Å². The average molecular weight is 156 g/mol. The fourth-order valence-electron chi connectivity index (χ4n) is 1.04. The Morgan fingerprint density at radius 1 is 1.64 bits per heavy atom. The molecule has 0 saturated heterocycles. The van der Waals surface area contributed by atoms with Gasteiger partial charge in [-0.25, -0.2) is 4.68 Å². The lowest BCUT2D eigenvalue weighted by Gasteiger charge is -2.02. The smallest absolute Gasteiger partial charge is 0.237 e. The van der Waals surface area contributed by atoms with E-state index in [4.69, 9.17) is 10.6 Å². The molecule has 1 aromatic heterocycles. The quantitative estimate of drug-likeness (QED) is 0.468. The van der Waals surface area contributed by atoms with E-state index >= 15 is 0 Å². The Morgan fingerprint density at radius 3 is 2.64 bits per heavy atom. The van der Waals surface area contributed by atoms with Gasteiger partial charge in [0.1, 0.15) is 5.69 Å². The second-order valence-corrected chi connectivity index (χ2v) is 2.24. The molecule has 0 aliphatic heterocycles. The summed E-state index contributed by atoms with van der Waals surface area (Å²) < 4.78 is 6.68. The molecule has 5 heteroatoms. The standard InChI is InChI=1S/C6H12N4O/c1-4-5(8-7)6(11-3)10(2)9-4/h8H,7H2,1-3H3. The molecule has 0 aliphatic rings. The molecule has 1 rings (SSSR count). The first-order chi connectivity index (χ1) is 5.20. The number of rotatable bonds is 2. The van der Waals surface area contributed by atoms with Gasteiger partial charge in [-0.15, -0.1) is 0 Å². The SMILES string of the molecule is COc1c(NN)c(C)nn1C. The zero-order chi connectivity index (χ0) is 8.43. The van der Waals surface area contributed by atoms with Crippen LogP contribution < -0.4 is 16.0 Å². The summed E-state index contributed by atoms with van der Waals surface area (Å²) in [4.78, 5) is 0. The summed E-state index contributed by atoms with van der Waals surface area (Å²) in [5.41, 5.74) is 4.08. The molecule has 0 fully saturated rings. The van der Waals surface area contributed by atoms with Crippen LogP contribution in [-0.4, -0.2) is 16.9 Å². The number of hydrogen-bond donors (Lipinski definition) is 2. The first-order valence-corrected chi connectivity index (χ1v) is 3.25. The molecule has 0 saturated carbocycles. The third-order valence-electron chi connectivity index (χ3n) is 1.51. The minimum atomic E-state index is 0.644. The molecule has 3 N–H and O–H groups in total. The normalized spacial score (nSPS) is 9.82. The number of nitrogens with one attached hydrogen (secondary N) is 1. The lowest BCUT2D eigenvalue weighted by Crippen LogP contribution is -2.08. The fourth-order valence-corrected chi connectivity index (χ4v) is 1.04. The van der Waals surface area contributed by atoms with Crippen LogP contribution in [0.2, 0.25) is 0 Å². The Bertz CT molecular complexity index is 231. The Morgan fingerprint density at radius 2 is 2.27 bits per heavy atom. The van der Waals surface area contributed by atoms with Crippen LogP contribution in [-0.2, 0) is 7.05 Å². The third kappa shape index (κ3) is 1.14. The van der Waals surface area contributed by atoms with E-state index in [1.165, 1.54) is 0 Å². The summed E-state index contributed by atoms with van der Waals surface area (Å²) in [6.45, 7) is 1.86. The van der Waals surface area contributed by atoms with E-state index in [1.54, 1.807) is 18.8 Å². The van der Waals surface area contributed by atoms with E-state index in [0.717, 1.165) is 11.4 Å². The summed E-state index contributed by atoms with van der Waals surface area (Å²) in [7, 11) is 3.38. The Balaban J connectivity index is 3.17. The third-order valence-corrected chi connectivity index (χ3v) is 1.51.